The Labute approximate surface area is 78.1 Å². The van der Waals surface area contributed by atoms with Gasteiger partial charge in [0, 0.05) is 6.61 Å². The van der Waals surface area contributed by atoms with Crippen LogP contribution in [0.25, 0.3) is 0 Å². The maximum absolute atomic E-state index is 10.8. The Balaban J connectivity index is 1.95. The number of ether oxygens (including phenoxy) is 1. The predicted molar refractivity (Wildman–Crippen MR) is 47.4 cm³/mol. The summed E-state index contributed by atoms with van der Waals surface area (Å²) in [7, 11) is 0. The van der Waals surface area contributed by atoms with Crippen LogP contribution >= 0.6 is 0 Å². The summed E-state index contributed by atoms with van der Waals surface area (Å²) in [6.07, 6.45) is 5.21. The summed E-state index contributed by atoms with van der Waals surface area (Å²) in [6.45, 7) is 0.874. The van der Waals surface area contributed by atoms with Crippen LogP contribution in [0.2, 0.25) is 0 Å². The first kappa shape index (κ1) is 9.00. The van der Waals surface area contributed by atoms with E-state index in [2.05, 4.69) is 0 Å². The second-order valence-corrected chi connectivity index (χ2v) is 4.16. The van der Waals surface area contributed by atoms with Crippen molar-refractivity contribution in [3.8, 4) is 0 Å². The van der Waals surface area contributed by atoms with Crippen LogP contribution in [0.1, 0.15) is 32.1 Å². The van der Waals surface area contributed by atoms with Gasteiger partial charge in [-0.05, 0) is 38.0 Å². The van der Waals surface area contributed by atoms with Crippen molar-refractivity contribution >= 4 is 5.97 Å². The molecule has 0 aromatic carbocycles. The molecule has 2 aliphatic rings. The van der Waals surface area contributed by atoms with E-state index in [1.165, 1.54) is 0 Å². The number of aliphatic carboxylic acids is 1. The third-order valence-electron chi connectivity index (χ3n) is 3.31. The molecule has 0 bridgehead atoms. The zero-order valence-electron chi connectivity index (χ0n) is 7.74. The predicted octanol–water partition coefficient (Wildman–Crippen LogP) is 1.67. The molecular weight excluding hydrogens is 168 g/mol. The SMILES string of the molecule is O=C(O)[C@@H]1CC[C@H]2OCCC[C@H]2C1. The summed E-state index contributed by atoms with van der Waals surface area (Å²) in [5.74, 6) is -0.212. The van der Waals surface area contributed by atoms with Crippen molar-refractivity contribution in [1.29, 1.82) is 0 Å². The molecule has 2 fully saturated rings. The number of hydrogen-bond donors (Lipinski definition) is 1. The molecule has 13 heavy (non-hydrogen) atoms. The van der Waals surface area contributed by atoms with Gasteiger partial charge in [0.25, 0.3) is 0 Å². The minimum Gasteiger partial charge on any atom is -0.481 e. The van der Waals surface area contributed by atoms with E-state index in [1.807, 2.05) is 0 Å². The van der Waals surface area contributed by atoms with Crippen molar-refractivity contribution in [3.63, 3.8) is 0 Å². The molecule has 0 spiro atoms. The number of carboxylic acids is 1. The number of fused-ring (bicyclic) bond motifs is 1. The summed E-state index contributed by atoms with van der Waals surface area (Å²) < 4.78 is 5.62. The van der Waals surface area contributed by atoms with Gasteiger partial charge in [-0.3, -0.25) is 4.79 Å². The lowest BCUT2D eigenvalue weighted by Crippen LogP contribution is -2.37. The van der Waals surface area contributed by atoms with Crippen LogP contribution in [-0.2, 0) is 9.53 Å². The molecule has 3 atom stereocenters. The first-order valence-electron chi connectivity index (χ1n) is 5.12. The van der Waals surface area contributed by atoms with E-state index < -0.39 is 5.97 Å². The Morgan fingerprint density at radius 3 is 2.92 bits per heavy atom. The van der Waals surface area contributed by atoms with E-state index in [0.717, 1.165) is 38.7 Å². The quantitative estimate of drug-likeness (QED) is 0.674. The first-order valence-corrected chi connectivity index (χ1v) is 5.12. The highest BCUT2D eigenvalue weighted by Gasteiger charge is 2.35. The van der Waals surface area contributed by atoms with Gasteiger partial charge in [0.2, 0.25) is 0 Å². The van der Waals surface area contributed by atoms with Crippen LogP contribution in [0.15, 0.2) is 0 Å². The molecule has 3 nitrogen and oxygen atoms in total. The Morgan fingerprint density at radius 2 is 2.15 bits per heavy atom. The maximum Gasteiger partial charge on any atom is 0.306 e. The van der Waals surface area contributed by atoms with Gasteiger partial charge in [-0.25, -0.2) is 0 Å². The molecule has 1 aliphatic carbocycles. The number of carbonyl (C=O) groups is 1. The first-order chi connectivity index (χ1) is 6.27. The Kier molecular flexibility index (Phi) is 2.54. The van der Waals surface area contributed by atoms with E-state index in [0.29, 0.717) is 12.0 Å². The average molecular weight is 184 g/mol. The van der Waals surface area contributed by atoms with Crippen molar-refractivity contribution in [2.45, 2.75) is 38.2 Å². The molecule has 1 heterocycles. The zero-order chi connectivity index (χ0) is 9.26. The van der Waals surface area contributed by atoms with Gasteiger partial charge >= 0.3 is 5.97 Å². The lowest BCUT2D eigenvalue weighted by atomic mass is 9.76. The fraction of sp³-hybridized carbons (Fsp3) is 0.900. The zero-order valence-corrected chi connectivity index (χ0v) is 7.74. The van der Waals surface area contributed by atoms with Crippen LogP contribution in [0.4, 0.5) is 0 Å². The van der Waals surface area contributed by atoms with Crippen molar-refractivity contribution in [1.82, 2.24) is 0 Å². The van der Waals surface area contributed by atoms with E-state index in [4.69, 9.17) is 9.84 Å². The van der Waals surface area contributed by atoms with Crippen LogP contribution < -0.4 is 0 Å². The summed E-state index contributed by atoms with van der Waals surface area (Å²) >= 11 is 0. The highest BCUT2D eigenvalue weighted by molar-refractivity contribution is 5.70. The summed E-state index contributed by atoms with van der Waals surface area (Å²) in [4.78, 5) is 10.8. The minimum atomic E-state index is -0.621. The second kappa shape index (κ2) is 3.66. The maximum atomic E-state index is 10.8. The van der Waals surface area contributed by atoms with Gasteiger partial charge < -0.3 is 9.84 Å². The van der Waals surface area contributed by atoms with Gasteiger partial charge in [0.05, 0.1) is 12.0 Å². The van der Waals surface area contributed by atoms with Gasteiger partial charge in [-0.2, -0.15) is 0 Å². The number of hydrogen-bond acceptors (Lipinski definition) is 2. The fourth-order valence-corrected chi connectivity index (χ4v) is 2.56. The van der Waals surface area contributed by atoms with E-state index >= 15 is 0 Å². The van der Waals surface area contributed by atoms with Crippen LogP contribution in [-0.4, -0.2) is 23.8 Å². The largest absolute Gasteiger partial charge is 0.481 e. The van der Waals surface area contributed by atoms with E-state index in [1.54, 1.807) is 0 Å². The lowest BCUT2D eigenvalue weighted by Gasteiger charge is -2.37. The lowest BCUT2D eigenvalue weighted by molar-refractivity contribution is -0.146. The molecule has 1 N–H and O–H groups in total. The normalized spacial score (nSPS) is 39.5. The van der Waals surface area contributed by atoms with Gasteiger partial charge in [0.1, 0.15) is 0 Å². The third-order valence-corrected chi connectivity index (χ3v) is 3.31. The molecule has 0 unspecified atom stereocenters. The highest BCUT2D eigenvalue weighted by atomic mass is 16.5. The van der Waals surface area contributed by atoms with Crippen LogP contribution in [0.5, 0.6) is 0 Å². The molecule has 0 radical (unpaired) electrons. The summed E-state index contributed by atoms with van der Waals surface area (Å²) in [6, 6.07) is 0. The Morgan fingerprint density at radius 1 is 1.31 bits per heavy atom. The van der Waals surface area contributed by atoms with Crippen molar-refractivity contribution < 1.29 is 14.6 Å². The standard InChI is InChI=1S/C10H16O3/c11-10(12)8-3-4-9-7(6-8)2-1-5-13-9/h7-9H,1-6H2,(H,11,12)/t7-,8+,9+/m0/s1. The molecular formula is C10H16O3. The highest BCUT2D eigenvalue weighted by Crippen LogP contribution is 2.36. The third kappa shape index (κ3) is 1.85. The number of rotatable bonds is 1. The Bertz CT molecular complexity index is 202. The summed E-state index contributed by atoms with van der Waals surface area (Å²) in [5, 5.41) is 8.89. The van der Waals surface area contributed by atoms with Gasteiger partial charge in [-0.15, -0.1) is 0 Å². The van der Waals surface area contributed by atoms with E-state index in [9.17, 15) is 4.79 Å². The molecule has 3 heteroatoms. The van der Waals surface area contributed by atoms with Crippen molar-refractivity contribution in [3.05, 3.63) is 0 Å². The van der Waals surface area contributed by atoms with E-state index in [-0.39, 0.29) is 5.92 Å². The number of carboxylic acid groups (broad SMARTS) is 1. The molecule has 1 aliphatic heterocycles. The molecule has 74 valence electrons. The van der Waals surface area contributed by atoms with Gasteiger partial charge in [0.15, 0.2) is 0 Å². The average Bonchev–Trinajstić information content (AvgIpc) is 2.17. The smallest absolute Gasteiger partial charge is 0.306 e. The molecule has 1 saturated heterocycles. The Hall–Kier alpha value is -0.570. The van der Waals surface area contributed by atoms with Gasteiger partial charge in [-0.1, -0.05) is 0 Å². The second-order valence-electron chi connectivity index (χ2n) is 4.16. The minimum absolute atomic E-state index is 0.108. The van der Waals surface area contributed by atoms with Crippen LogP contribution in [0, 0.1) is 11.8 Å². The van der Waals surface area contributed by atoms with Crippen LogP contribution in [0.3, 0.4) is 0 Å². The topological polar surface area (TPSA) is 46.5 Å². The molecule has 0 aromatic heterocycles. The fourth-order valence-electron chi connectivity index (χ4n) is 2.56. The van der Waals surface area contributed by atoms with Crippen molar-refractivity contribution in [2.75, 3.05) is 6.61 Å². The molecule has 0 aromatic rings. The van der Waals surface area contributed by atoms with Crippen molar-refractivity contribution in [2.24, 2.45) is 11.8 Å². The molecule has 2 rings (SSSR count). The summed E-state index contributed by atoms with van der Waals surface area (Å²) in [5.41, 5.74) is 0. The monoisotopic (exact) mass is 184 g/mol. The molecule has 1 saturated carbocycles. The molecule has 0 amide bonds.